The number of hydrogen-bond acceptors (Lipinski definition) is 4. The van der Waals surface area contributed by atoms with Crippen LogP contribution in [-0.2, 0) is 4.74 Å². The summed E-state index contributed by atoms with van der Waals surface area (Å²) in [5.41, 5.74) is 0.771. The first-order valence-electron chi connectivity index (χ1n) is 6.19. The predicted octanol–water partition coefficient (Wildman–Crippen LogP) is 2.21. The van der Waals surface area contributed by atoms with Crippen molar-refractivity contribution in [3.63, 3.8) is 0 Å². The number of nitrogens with one attached hydrogen (secondary N) is 1. The smallest absolute Gasteiger partial charge is 0.407 e. The average Bonchev–Trinajstić information content (AvgIpc) is 2.91. The van der Waals surface area contributed by atoms with Gasteiger partial charge in [-0.3, -0.25) is 0 Å². The maximum absolute atomic E-state index is 12.9. The van der Waals surface area contributed by atoms with Crippen LogP contribution in [0.5, 0.6) is 0 Å². The molecular formula is C13H15FN4O2. The fourth-order valence-electron chi connectivity index (χ4n) is 1.72. The number of amides is 1. The van der Waals surface area contributed by atoms with Crippen molar-refractivity contribution in [2.45, 2.75) is 19.4 Å². The fraction of sp³-hybridized carbons (Fsp3) is 0.308. The Balaban J connectivity index is 2.16. The topological polar surface area (TPSA) is 69.0 Å². The molecule has 1 atom stereocenters. The molecule has 0 fully saturated rings. The molecule has 0 aliphatic heterocycles. The molecule has 0 spiro atoms. The van der Waals surface area contributed by atoms with Gasteiger partial charge in [0.25, 0.3) is 0 Å². The van der Waals surface area contributed by atoms with Crippen molar-refractivity contribution in [1.29, 1.82) is 0 Å². The van der Waals surface area contributed by atoms with Crippen LogP contribution >= 0.6 is 0 Å². The van der Waals surface area contributed by atoms with Gasteiger partial charge >= 0.3 is 6.09 Å². The third-order valence-corrected chi connectivity index (χ3v) is 2.75. The van der Waals surface area contributed by atoms with E-state index >= 15 is 0 Å². The highest BCUT2D eigenvalue weighted by atomic mass is 19.1. The summed E-state index contributed by atoms with van der Waals surface area (Å²) in [5, 5.41) is 6.23. The summed E-state index contributed by atoms with van der Waals surface area (Å²) in [6, 6.07) is 3.47. The van der Waals surface area contributed by atoms with E-state index < -0.39 is 11.9 Å². The quantitative estimate of drug-likeness (QED) is 0.931. The van der Waals surface area contributed by atoms with Crippen LogP contribution in [0.15, 0.2) is 30.7 Å². The molecule has 2 heterocycles. The lowest BCUT2D eigenvalue weighted by Crippen LogP contribution is -2.21. The van der Waals surface area contributed by atoms with Crippen LogP contribution in [0.1, 0.15) is 25.0 Å². The van der Waals surface area contributed by atoms with Gasteiger partial charge in [-0.1, -0.05) is 13.0 Å². The van der Waals surface area contributed by atoms with Crippen LogP contribution in [0, 0.1) is 5.82 Å². The first-order valence-corrected chi connectivity index (χ1v) is 6.19. The van der Waals surface area contributed by atoms with Gasteiger partial charge in [0.15, 0.2) is 11.6 Å². The van der Waals surface area contributed by atoms with E-state index in [-0.39, 0.29) is 6.10 Å². The molecule has 1 amide bonds. The summed E-state index contributed by atoms with van der Waals surface area (Å²) < 4.78 is 19.4. The van der Waals surface area contributed by atoms with Crippen LogP contribution in [-0.4, -0.2) is 27.9 Å². The molecule has 0 aliphatic rings. The minimum Gasteiger partial charge on any atom is -0.441 e. The van der Waals surface area contributed by atoms with E-state index in [2.05, 4.69) is 15.4 Å². The van der Waals surface area contributed by atoms with Crippen molar-refractivity contribution in [1.82, 2.24) is 20.1 Å². The lowest BCUT2D eigenvalue weighted by molar-refractivity contribution is 0.0969. The molecule has 0 aliphatic carbocycles. The zero-order chi connectivity index (χ0) is 14.5. The van der Waals surface area contributed by atoms with Crippen LogP contribution in [0.25, 0.3) is 5.82 Å². The van der Waals surface area contributed by atoms with Crippen molar-refractivity contribution in [2.75, 3.05) is 7.05 Å². The molecule has 2 aromatic heterocycles. The summed E-state index contributed by atoms with van der Waals surface area (Å²) >= 11 is 0. The van der Waals surface area contributed by atoms with Crippen molar-refractivity contribution in [2.24, 2.45) is 0 Å². The average molecular weight is 278 g/mol. The second kappa shape index (κ2) is 6.14. The third-order valence-electron chi connectivity index (χ3n) is 2.75. The Morgan fingerprint density at radius 1 is 1.50 bits per heavy atom. The van der Waals surface area contributed by atoms with Crippen molar-refractivity contribution >= 4 is 6.09 Å². The number of aromatic nitrogens is 3. The molecule has 2 aromatic rings. The van der Waals surface area contributed by atoms with Gasteiger partial charge < -0.3 is 10.1 Å². The molecule has 6 nitrogen and oxygen atoms in total. The molecule has 0 bridgehead atoms. The van der Waals surface area contributed by atoms with Gasteiger partial charge in [0.1, 0.15) is 6.10 Å². The molecular weight excluding hydrogens is 263 g/mol. The van der Waals surface area contributed by atoms with E-state index in [1.165, 1.54) is 17.9 Å². The van der Waals surface area contributed by atoms with Crippen LogP contribution < -0.4 is 5.32 Å². The van der Waals surface area contributed by atoms with Crippen molar-refractivity contribution < 1.29 is 13.9 Å². The Bertz CT molecular complexity index is 582. The second-order valence-corrected chi connectivity index (χ2v) is 4.11. The number of pyridine rings is 1. The maximum Gasteiger partial charge on any atom is 0.407 e. The number of halogens is 1. The molecule has 2 rings (SSSR count). The fourth-order valence-corrected chi connectivity index (χ4v) is 1.72. The molecule has 106 valence electrons. The maximum atomic E-state index is 12.9. The van der Waals surface area contributed by atoms with Gasteiger partial charge in [-0.05, 0) is 12.5 Å². The highest BCUT2D eigenvalue weighted by Gasteiger charge is 2.14. The summed E-state index contributed by atoms with van der Waals surface area (Å²) in [6.07, 6.45) is 3.71. The Morgan fingerprint density at radius 2 is 2.30 bits per heavy atom. The largest absolute Gasteiger partial charge is 0.441 e. The van der Waals surface area contributed by atoms with Crippen molar-refractivity contribution in [3.05, 3.63) is 42.1 Å². The van der Waals surface area contributed by atoms with Gasteiger partial charge in [0, 0.05) is 18.8 Å². The van der Waals surface area contributed by atoms with E-state index in [1.54, 1.807) is 18.3 Å². The third kappa shape index (κ3) is 3.11. The number of carbonyl (C=O) groups is 1. The van der Waals surface area contributed by atoms with Gasteiger partial charge in [-0.15, -0.1) is 0 Å². The molecule has 0 saturated carbocycles. The highest BCUT2D eigenvalue weighted by molar-refractivity contribution is 5.67. The first kappa shape index (κ1) is 14.0. The molecule has 1 N–H and O–H groups in total. The second-order valence-electron chi connectivity index (χ2n) is 4.11. The minimum absolute atomic E-state index is 0.370. The standard InChI is InChI=1S/C13H15FN4O2/c1-3-11(20-13(19)15-2)9-4-5-12(16-6-9)18-8-10(14)7-17-18/h4-8,11H,3H2,1-2H3,(H,15,19). The molecule has 0 aromatic carbocycles. The normalized spacial score (nSPS) is 11.9. The molecule has 7 heteroatoms. The Kier molecular flexibility index (Phi) is 4.29. The van der Waals surface area contributed by atoms with Gasteiger partial charge in [0.05, 0.1) is 12.4 Å². The summed E-state index contributed by atoms with van der Waals surface area (Å²) in [4.78, 5) is 15.4. The van der Waals surface area contributed by atoms with Crippen LogP contribution in [0.2, 0.25) is 0 Å². The summed E-state index contributed by atoms with van der Waals surface area (Å²) in [5.74, 6) is 0.0673. The lowest BCUT2D eigenvalue weighted by atomic mass is 10.1. The molecule has 1 unspecified atom stereocenters. The monoisotopic (exact) mass is 278 g/mol. The van der Waals surface area contributed by atoms with E-state index in [0.29, 0.717) is 12.2 Å². The lowest BCUT2D eigenvalue weighted by Gasteiger charge is -2.16. The first-order chi connectivity index (χ1) is 9.63. The number of carbonyl (C=O) groups excluding carboxylic acids is 1. The highest BCUT2D eigenvalue weighted by Crippen LogP contribution is 2.21. The number of rotatable bonds is 4. The van der Waals surface area contributed by atoms with Gasteiger partial charge in [-0.2, -0.15) is 5.10 Å². The molecule has 0 radical (unpaired) electrons. The Labute approximate surface area is 115 Å². The van der Waals surface area contributed by atoms with E-state index in [1.807, 2.05) is 6.92 Å². The predicted molar refractivity (Wildman–Crippen MR) is 69.9 cm³/mol. The number of hydrogen-bond donors (Lipinski definition) is 1. The van der Waals surface area contributed by atoms with Gasteiger partial charge in [0.2, 0.25) is 0 Å². The number of ether oxygens (including phenoxy) is 1. The van der Waals surface area contributed by atoms with E-state index in [0.717, 1.165) is 11.8 Å². The van der Waals surface area contributed by atoms with Gasteiger partial charge in [-0.25, -0.2) is 18.9 Å². The Morgan fingerprint density at radius 3 is 2.80 bits per heavy atom. The summed E-state index contributed by atoms with van der Waals surface area (Å²) in [6.45, 7) is 1.91. The molecule has 20 heavy (non-hydrogen) atoms. The van der Waals surface area contributed by atoms with E-state index in [9.17, 15) is 9.18 Å². The summed E-state index contributed by atoms with van der Waals surface area (Å²) in [7, 11) is 1.50. The van der Waals surface area contributed by atoms with Crippen molar-refractivity contribution in [3.8, 4) is 5.82 Å². The number of nitrogens with zero attached hydrogens (tertiary/aromatic N) is 3. The number of alkyl carbamates (subject to hydrolysis) is 1. The zero-order valence-electron chi connectivity index (χ0n) is 11.2. The molecule has 0 saturated heterocycles. The van der Waals surface area contributed by atoms with Crippen LogP contribution in [0.4, 0.5) is 9.18 Å². The van der Waals surface area contributed by atoms with E-state index in [4.69, 9.17) is 4.74 Å². The minimum atomic E-state index is -0.491. The SMILES string of the molecule is CCC(OC(=O)NC)c1ccc(-n2cc(F)cn2)nc1. The Hall–Kier alpha value is -2.44. The zero-order valence-corrected chi connectivity index (χ0v) is 11.2. The van der Waals surface area contributed by atoms with Crippen LogP contribution in [0.3, 0.4) is 0 Å².